The van der Waals surface area contributed by atoms with Crippen LogP contribution in [0.5, 0.6) is 0 Å². The topological polar surface area (TPSA) is 66.8 Å². The Kier molecular flexibility index (Phi) is 3.74. The van der Waals surface area contributed by atoms with Crippen LogP contribution >= 0.6 is 0 Å². The molecule has 2 rings (SSSR count). The molecule has 2 fully saturated rings. The van der Waals surface area contributed by atoms with E-state index in [1.54, 1.807) is 4.90 Å². The number of aliphatic carboxylic acids is 1. The zero-order valence-corrected chi connectivity index (χ0v) is 11.9. The predicted octanol–water partition coefficient (Wildman–Crippen LogP) is 2.35. The van der Waals surface area contributed by atoms with E-state index in [0.29, 0.717) is 11.8 Å². The number of hydrogen-bond donors (Lipinski definition) is 1. The number of hydrogen-bond acceptors (Lipinski definition) is 3. The van der Waals surface area contributed by atoms with Crippen LogP contribution in [0.15, 0.2) is 0 Å². The third-order valence-electron chi connectivity index (χ3n) is 3.96. The van der Waals surface area contributed by atoms with E-state index in [1.165, 1.54) is 0 Å². The summed E-state index contributed by atoms with van der Waals surface area (Å²) in [6.45, 7) is 7.03. The first-order valence-electron chi connectivity index (χ1n) is 6.94. The first-order valence-corrected chi connectivity index (χ1v) is 6.94. The van der Waals surface area contributed by atoms with E-state index in [1.807, 2.05) is 20.8 Å². The minimum atomic E-state index is -0.714. The predicted molar refractivity (Wildman–Crippen MR) is 69.8 cm³/mol. The van der Waals surface area contributed by atoms with Gasteiger partial charge in [0.15, 0.2) is 0 Å². The monoisotopic (exact) mass is 269 g/mol. The normalized spacial score (nSPS) is 30.3. The summed E-state index contributed by atoms with van der Waals surface area (Å²) >= 11 is 0. The second-order valence-corrected chi connectivity index (χ2v) is 6.84. The lowest BCUT2D eigenvalue weighted by molar-refractivity contribution is -0.138. The van der Waals surface area contributed by atoms with Crippen molar-refractivity contribution in [2.24, 2.45) is 17.8 Å². The van der Waals surface area contributed by atoms with Gasteiger partial charge >= 0.3 is 12.1 Å². The van der Waals surface area contributed by atoms with Crippen molar-refractivity contribution in [1.82, 2.24) is 4.90 Å². The number of amides is 1. The van der Waals surface area contributed by atoms with Gasteiger partial charge in [0.2, 0.25) is 0 Å². The van der Waals surface area contributed by atoms with E-state index in [0.717, 1.165) is 25.9 Å². The molecular formula is C14H23NO4. The second kappa shape index (κ2) is 5.02. The summed E-state index contributed by atoms with van der Waals surface area (Å²) in [5.74, 6) is 0.482. The fourth-order valence-electron chi connectivity index (χ4n) is 3.31. The summed E-state index contributed by atoms with van der Waals surface area (Å²) in [5, 5.41) is 8.82. The van der Waals surface area contributed by atoms with Gasteiger partial charge in [-0.05, 0) is 51.4 Å². The van der Waals surface area contributed by atoms with Crippen LogP contribution in [-0.4, -0.2) is 40.8 Å². The lowest BCUT2D eigenvalue weighted by Crippen LogP contribution is -2.36. The lowest BCUT2D eigenvalue weighted by Gasteiger charge is -2.25. The zero-order valence-electron chi connectivity index (χ0n) is 11.9. The van der Waals surface area contributed by atoms with Crippen LogP contribution in [0.4, 0.5) is 4.79 Å². The van der Waals surface area contributed by atoms with Crippen molar-refractivity contribution in [3.63, 3.8) is 0 Å². The SMILES string of the molecule is CC(C)(C)OC(=O)N1CC2CC(CC(=O)O)CC2C1. The molecule has 1 amide bonds. The highest BCUT2D eigenvalue weighted by molar-refractivity contribution is 5.69. The zero-order chi connectivity index (χ0) is 14.2. The molecular weight excluding hydrogens is 246 g/mol. The van der Waals surface area contributed by atoms with Gasteiger partial charge in [-0.15, -0.1) is 0 Å². The molecule has 0 aromatic heterocycles. The molecule has 0 aromatic rings. The van der Waals surface area contributed by atoms with Gasteiger partial charge in [0, 0.05) is 19.5 Å². The maximum Gasteiger partial charge on any atom is 0.410 e. The van der Waals surface area contributed by atoms with E-state index in [-0.39, 0.29) is 18.4 Å². The Morgan fingerprint density at radius 2 is 1.74 bits per heavy atom. The van der Waals surface area contributed by atoms with Crippen LogP contribution in [0, 0.1) is 17.8 Å². The third-order valence-corrected chi connectivity index (χ3v) is 3.96. The molecule has 0 spiro atoms. The number of carbonyl (C=O) groups is 2. The van der Waals surface area contributed by atoms with Crippen LogP contribution in [-0.2, 0) is 9.53 Å². The Morgan fingerprint density at radius 1 is 1.21 bits per heavy atom. The van der Waals surface area contributed by atoms with Crippen molar-refractivity contribution in [3.05, 3.63) is 0 Å². The fraction of sp³-hybridized carbons (Fsp3) is 0.857. The molecule has 1 aliphatic carbocycles. The molecule has 2 aliphatic rings. The number of carboxylic acid groups (broad SMARTS) is 1. The average molecular weight is 269 g/mol. The van der Waals surface area contributed by atoms with Crippen molar-refractivity contribution in [3.8, 4) is 0 Å². The van der Waals surface area contributed by atoms with E-state index < -0.39 is 11.6 Å². The van der Waals surface area contributed by atoms with Crippen molar-refractivity contribution >= 4 is 12.1 Å². The minimum absolute atomic E-state index is 0.239. The Balaban J connectivity index is 1.84. The molecule has 19 heavy (non-hydrogen) atoms. The van der Waals surface area contributed by atoms with Gasteiger partial charge in [-0.2, -0.15) is 0 Å². The number of carbonyl (C=O) groups excluding carboxylic acids is 1. The van der Waals surface area contributed by atoms with E-state index in [9.17, 15) is 9.59 Å². The van der Waals surface area contributed by atoms with Gasteiger partial charge in [0.25, 0.3) is 0 Å². The number of fused-ring (bicyclic) bond motifs is 1. The summed E-state index contributed by atoms with van der Waals surface area (Å²) < 4.78 is 5.37. The molecule has 1 aliphatic heterocycles. The average Bonchev–Trinajstić information content (AvgIpc) is 2.70. The number of likely N-dealkylation sites (tertiary alicyclic amines) is 1. The fourth-order valence-corrected chi connectivity index (χ4v) is 3.31. The molecule has 5 nitrogen and oxygen atoms in total. The van der Waals surface area contributed by atoms with Crippen LogP contribution < -0.4 is 0 Å². The quantitative estimate of drug-likeness (QED) is 0.835. The van der Waals surface area contributed by atoms with Gasteiger partial charge in [-0.1, -0.05) is 0 Å². The molecule has 0 bridgehead atoms. The Labute approximate surface area is 113 Å². The van der Waals surface area contributed by atoms with Crippen LogP contribution in [0.3, 0.4) is 0 Å². The second-order valence-electron chi connectivity index (χ2n) is 6.84. The summed E-state index contributed by atoms with van der Waals surface area (Å²) in [7, 11) is 0. The van der Waals surface area contributed by atoms with Gasteiger partial charge < -0.3 is 14.7 Å². The Morgan fingerprint density at radius 3 is 2.16 bits per heavy atom. The largest absolute Gasteiger partial charge is 0.481 e. The maximum absolute atomic E-state index is 12.0. The van der Waals surface area contributed by atoms with E-state index >= 15 is 0 Å². The Hall–Kier alpha value is -1.26. The lowest BCUT2D eigenvalue weighted by atomic mass is 10.0. The molecule has 1 saturated carbocycles. The highest BCUT2D eigenvalue weighted by Crippen LogP contribution is 2.43. The third kappa shape index (κ3) is 3.61. The molecule has 1 saturated heterocycles. The number of rotatable bonds is 2. The highest BCUT2D eigenvalue weighted by atomic mass is 16.6. The molecule has 1 heterocycles. The van der Waals surface area contributed by atoms with Crippen molar-refractivity contribution in [2.75, 3.05) is 13.1 Å². The van der Waals surface area contributed by atoms with Crippen molar-refractivity contribution in [2.45, 2.75) is 45.6 Å². The summed E-state index contributed by atoms with van der Waals surface area (Å²) in [6, 6.07) is 0. The molecule has 0 radical (unpaired) electrons. The molecule has 5 heteroatoms. The van der Waals surface area contributed by atoms with E-state index in [2.05, 4.69) is 0 Å². The molecule has 0 aromatic carbocycles. The summed E-state index contributed by atoms with van der Waals surface area (Å²) in [4.78, 5) is 24.5. The van der Waals surface area contributed by atoms with Gasteiger partial charge in [0.05, 0.1) is 0 Å². The van der Waals surface area contributed by atoms with Crippen molar-refractivity contribution < 1.29 is 19.4 Å². The smallest absolute Gasteiger partial charge is 0.410 e. The highest BCUT2D eigenvalue weighted by Gasteiger charge is 2.43. The van der Waals surface area contributed by atoms with Gasteiger partial charge in [-0.25, -0.2) is 4.79 Å². The first kappa shape index (κ1) is 14.2. The Bertz CT molecular complexity index is 360. The van der Waals surface area contributed by atoms with Gasteiger partial charge in [-0.3, -0.25) is 4.79 Å². The number of ether oxygens (including phenoxy) is 1. The minimum Gasteiger partial charge on any atom is -0.481 e. The standard InChI is InChI=1S/C14H23NO4/c1-14(2,3)19-13(18)15-7-10-4-9(6-12(16)17)5-11(10)8-15/h9-11H,4-8H2,1-3H3,(H,16,17). The van der Waals surface area contributed by atoms with E-state index in [4.69, 9.17) is 9.84 Å². The van der Waals surface area contributed by atoms with Crippen LogP contribution in [0.25, 0.3) is 0 Å². The number of carboxylic acids is 1. The van der Waals surface area contributed by atoms with Crippen LogP contribution in [0.1, 0.15) is 40.0 Å². The molecule has 108 valence electrons. The molecule has 2 unspecified atom stereocenters. The van der Waals surface area contributed by atoms with Gasteiger partial charge in [0.1, 0.15) is 5.60 Å². The number of nitrogens with zero attached hydrogens (tertiary/aromatic N) is 1. The summed E-state index contributed by atoms with van der Waals surface area (Å²) in [5.41, 5.74) is -0.458. The van der Waals surface area contributed by atoms with Crippen LogP contribution in [0.2, 0.25) is 0 Å². The first-order chi connectivity index (χ1) is 8.74. The summed E-state index contributed by atoms with van der Waals surface area (Å²) in [6.07, 6.45) is 1.88. The van der Waals surface area contributed by atoms with Crippen molar-refractivity contribution in [1.29, 1.82) is 0 Å². The molecule has 1 N–H and O–H groups in total. The maximum atomic E-state index is 12.0. The molecule has 2 atom stereocenters.